The number of ether oxygens (including phenoxy) is 1. The van der Waals surface area contributed by atoms with Crippen molar-refractivity contribution in [1.29, 1.82) is 0 Å². The summed E-state index contributed by atoms with van der Waals surface area (Å²) in [6, 6.07) is 8.19. The van der Waals surface area contributed by atoms with E-state index in [1.807, 2.05) is 36.0 Å². The highest BCUT2D eigenvalue weighted by molar-refractivity contribution is 6.31. The van der Waals surface area contributed by atoms with Gasteiger partial charge in [-0.25, -0.2) is 0 Å². The van der Waals surface area contributed by atoms with Gasteiger partial charge in [0.15, 0.2) is 0 Å². The van der Waals surface area contributed by atoms with E-state index >= 15 is 0 Å². The third kappa shape index (κ3) is 4.48. The fourth-order valence-corrected chi connectivity index (χ4v) is 2.30. The van der Waals surface area contributed by atoms with Crippen molar-refractivity contribution in [1.82, 2.24) is 15.1 Å². The lowest BCUT2D eigenvalue weighted by Gasteiger charge is -2.15. The van der Waals surface area contributed by atoms with Crippen molar-refractivity contribution in [3.05, 3.63) is 46.7 Å². The topological polar surface area (TPSA) is 39.1 Å². The zero-order valence-corrected chi connectivity index (χ0v) is 13.5. The standard InChI is InChI=1S/C16H22ClN3O/c1-12(2)18-11-14-15(17)5-4-6-16(14)21-10-8-13-7-9-19-20(13)3/h4-7,9,12,18H,8,10-11H2,1-3H3. The van der Waals surface area contributed by atoms with Crippen LogP contribution in [-0.2, 0) is 20.0 Å². The summed E-state index contributed by atoms with van der Waals surface area (Å²) in [5, 5.41) is 8.27. The van der Waals surface area contributed by atoms with E-state index in [9.17, 15) is 0 Å². The molecule has 0 aliphatic rings. The summed E-state index contributed by atoms with van der Waals surface area (Å²) in [4.78, 5) is 0. The number of benzene rings is 1. The van der Waals surface area contributed by atoms with Crippen molar-refractivity contribution in [2.75, 3.05) is 6.61 Å². The number of aryl methyl sites for hydroxylation is 1. The van der Waals surface area contributed by atoms with Gasteiger partial charge >= 0.3 is 0 Å². The van der Waals surface area contributed by atoms with E-state index in [0.717, 1.165) is 28.5 Å². The van der Waals surface area contributed by atoms with Gasteiger partial charge in [-0.05, 0) is 18.2 Å². The first-order valence-electron chi connectivity index (χ1n) is 7.18. The summed E-state index contributed by atoms with van der Waals surface area (Å²) in [6.07, 6.45) is 2.62. The molecule has 2 rings (SSSR count). The third-order valence-electron chi connectivity index (χ3n) is 3.30. The van der Waals surface area contributed by atoms with Crippen LogP contribution < -0.4 is 10.1 Å². The molecule has 0 aliphatic carbocycles. The van der Waals surface area contributed by atoms with E-state index in [-0.39, 0.29) is 0 Å². The second kappa shape index (κ2) is 7.48. The zero-order chi connectivity index (χ0) is 15.2. The summed E-state index contributed by atoms with van der Waals surface area (Å²) < 4.78 is 7.78. The van der Waals surface area contributed by atoms with Crippen LogP contribution in [0.25, 0.3) is 0 Å². The Labute approximate surface area is 131 Å². The molecule has 0 fully saturated rings. The number of nitrogens with zero attached hydrogens (tertiary/aromatic N) is 2. The van der Waals surface area contributed by atoms with Gasteiger partial charge in [0.05, 0.1) is 6.61 Å². The van der Waals surface area contributed by atoms with Gasteiger partial charge in [0.25, 0.3) is 0 Å². The van der Waals surface area contributed by atoms with Gasteiger partial charge in [-0.15, -0.1) is 0 Å². The van der Waals surface area contributed by atoms with E-state index in [1.54, 1.807) is 6.20 Å². The molecule has 5 heteroatoms. The predicted molar refractivity (Wildman–Crippen MR) is 85.8 cm³/mol. The lowest BCUT2D eigenvalue weighted by atomic mass is 10.2. The molecule has 21 heavy (non-hydrogen) atoms. The Morgan fingerprint density at radius 3 is 2.81 bits per heavy atom. The van der Waals surface area contributed by atoms with Crippen LogP contribution in [0.5, 0.6) is 5.75 Å². The van der Waals surface area contributed by atoms with Crippen molar-refractivity contribution < 1.29 is 4.74 Å². The lowest BCUT2D eigenvalue weighted by Crippen LogP contribution is -2.22. The van der Waals surface area contributed by atoms with Crippen LogP contribution in [0.3, 0.4) is 0 Å². The summed E-state index contributed by atoms with van der Waals surface area (Å²) in [7, 11) is 1.94. The van der Waals surface area contributed by atoms with Crippen molar-refractivity contribution >= 4 is 11.6 Å². The van der Waals surface area contributed by atoms with Gasteiger partial charge in [-0.1, -0.05) is 31.5 Å². The molecule has 4 nitrogen and oxygen atoms in total. The van der Waals surface area contributed by atoms with Crippen LogP contribution in [0.4, 0.5) is 0 Å². The number of nitrogens with one attached hydrogen (secondary N) is 1. The largest absolute Gasteiger partial charge is 0.493 e. The Morgan fingerprint density at radius 2 is 2.14 bits per heavy atom. The van der Waals surface area contributed by atoms with Crippen molar-refractivity contribution in [2.45, 2.75) is 32.9 Å². The first-order valence-corrected chi connectivity index (χ1v) is 7.56. The van der Waals surface area contributed by atoms with Gasteiger partial charge < -0.3 is 10.1 Å². The normalized spacial score (nSPS) is 11.1. The van der Waals surface area contributed by atoms with E-state index in [0.29, 0.717) is 19.2 Å². The second-order valence-corrected chi connectivity index (χ2v) is 5.70. The SMILES string of the molecule is CC(C)NCc1c(Cl)cccc1OCCc1ccnn1C. The van der Waals surface area contributed by atoms with Crippen LogP contribution in [0.1, 0.15) is 25.1 Å². The molecule has 0 atom stereocenters. The minimum atomic E-state index is 0.406. The monoisotopic (exact) mass is 307 g/mol. The number of hydrogen-bond donors (Lipinski definition) is 1. The minimum Gasteiger partial charge on any atom is -0.493 e. The van der Waals surface area contributed by atoms with E-state index in [2.05, 4.69) is 24.3 Å². The Hall–Kier alpha value is -1.52. The molecule has 0 radical (unpaired) electrons. The molecular weight excluding hydrogens is 286 g/mol. The molecule has 0 spiro atoms. The van der Waals surface area contributed by atoms with Gasteiger partial charge in [-0.2, -0.15) is 5.10 Å². The average Bonchev–Trinajstić information content (AvgIpc) is 2.83. The molecule has 1 heterocycles. The molecule has 0 saturated carbocycles. The molecular formula is C16H22ClN3O. The molecule has 114 valence electrons. The molecule has 0 saturated heterocycles. The summed E-state index contributed by atoms with van der Waals surface area (Å²) in [5.74, 6) is 0.845. The van der Waals surface area contributed by atoms with Crippen LogP contribution in [0.2, 0.25) is 5.02 Å². The third-order valence-corrected chi connectivity index (χ3v) is 3.66. The highest BCUT2D eigenvalue weighted by atomic mass is 35.5. The van der Waals surface area contributed by atoms with E-state index in [1.165, 1.54) is 0 Å². The Balaban J connectivity index is 1.98. The van der Waals surface area contributed by atoms with Gasteiger partial charge in [0, 0.05) is 48.5 Å². The molecule has 2 aromatic rings. The van der Waals surface area contributed by atoms with Crippen molar-refractivity contribution in [3.8, 4) is 5.75 Å². The van der Waals surface area contributed by atoms with E-state index in [4.69, 9.17) is 16.3 Å². The molecule has 0 bridgehead atoms. The predicted octanol–water partition coefficient (Wildman–Crippen LogP) is 3.19. The summed E-state index contributed by atoms with van der Waals surface area (Å²) >= 11 is 6.28. The molecule has 0 amide bonds. The van der Waals surface area contributed by atoms with Crippen molar-refractivity contribution in [3.63, 3.8) is 0 Å². The number of halogens is 1. The average molecular weight is 308 g/mol. The number of rotatable bonds is 7. The molecule has 1 aromatic heterocycles. The highest BCUT2D eigenvalue weighted by Gasteiger charge is 2.09. The Bertz CT molecular complexity index is 581. The summed E-state index contributed by atoms with van der Waals surface area (Å²) in [5.41, 5.74) is 2.16. The van der Waals surface area contributed by atoms with Crippen molar-refractivity contribution in [2.24, 2.45) is 7.05 Å². The van der Waals surface area contributed by atoms with Gasteiger partial charge in [-0.3, -0.25) is 4.68 Å². The van der Waals surface area contributed by atoms with E-state index < -0.39 is 0 Å². The lowest BCUT2D eigenvalue weighted by molar-refractivity contribution is 0.314. The smallest absolute Gasteiger partial charge is 0.125 e. The van der Waals surface area contributed by atoms with Crippen LogP contribution >= 0.6 is 11.6 Å². The minimum absolute atomic E-state index is 0.406. The Kier molecular flexibility index (Phi) is 5.65. The van der Waals surface area contributed by atoms with Gasteiger partial charge in [0.1, 0.15) is 5.75 Å². The quantitative estimate of drug-likeness (QED) is 0.854. The maximum Gasteiger partial charge on any atom is 0.125 e. The maximum absolute atomic E-state index is 6.28. The zero-order valence-electron chi connectivity index (χ0n) is 12.8. The van der Waals surface area contributed by atoms with Crippen LogP contribution in [0, 0.1) is 0 Å². The van der Waals surface area contributed by atoms with Crippen LogP contribution in [0.15, 0.2) is 30.5 Å². The maximum atomic E-state index is 6.28. The van der Waals surface area contributed by atoms with Gasteiger partial charge in [0.2, 0.25) is 0 Å². The molecule has 1 aromatic carbocycles. The first-order chi connectivity index (χ1) is 10.1. The highest BCUT2D eigenvalue weighted by Crippen LogP contribution is 2.26. The number of hydrogen-bond acceptors (Lipinski definition) is 3. The first kappa shape index (κ1) is 15.9. The number of aromatic nitrogens is 2. The summed E-state index contributed by atoms with van der Waals surface area (Å²) in [6.45, 7) is 5.53. The Morgan fingerprint density at radius 1 is 1.33 bits per heavy atom. The second-order valence-electron chi connectivity index (χ2n) is 5.30. The fraction of sp³-hybridized carbons (Fsp3) is 0.438. The fourth-order valence-electron chi connectivity index (χ4n) is 2.06. The molecule has 0 unspecified atom stereocenters. The molecule has 1 N–H and O–H groups in total. The van der Waals surface area contributed by atoms with Crippen LogP contribution in [-0.4, -0.2) is 22.4 Å². The molecule has 0 aliphatic heterocycles.